The number of likely N-dealkylation sites (N-methyl/N-ethyl adjacent to an activating group) is 1. The van der Waals surface area contributed by atoms with Gasteiger partial charge >= 0.3 is 0 Å². The van der Waals surface area contributed by atoms with E-state index in [1.807, 2.05) is 24.3 Å². The molecule has 0 atom stereocenters. The molecule has 0 aromatic heterocycles. The van der Waals surface area contributed by atoms with Gasteiger partial charge in [0.2, 0.25) is 5.91 Å². The van der Waals surface area contributed by atoms with Gasteiger partial charge in [-0.1, -0.05) is 23.7 Å². The molecule has 1 rings (SSSR count). The van der Waals surface area contributed by atoms with Crippen molar-refractivity contribution in [1.29, 1.82) is 0 Å². The predicted molar refractivity (Wildman–Crippen MR) is 69.3 cm³/mol. The van der Waals surface area contributed by atoms with E-state index in [0.717, 1.165) is 11.4 Å². The fourth-order valence-electron chi connectivity index (χ4n) is 1.22. The molecule has 0 saturated heterocycles. The summed E-state index contributed by atoms with van der Waals surface area (Å²) in [6, 6.07) is 7.64. The second-order valence-corrected chi connectivity index (χ2v) is 3.69. The first kappa shape index (κ1) is 15.2. The molecule has 0 spiro atoms. The lowest BCUT2D eigenvalue weighted by Gasteiger charge is -2.04. The molecule has 0 saturated carbocycles. The smallest absolute Gasteiger partial charge is 0.233 e. The SMILES string of the molecule is CNCC(=O)NCCc1ccc(Cl)cc1.Cl. The standard InChI is InChI=1S/C11H15ClN2O.ClH/c1-13-8-11(15)14-7-6-9-2-4-10(12)5-3-9;/h2-5,13H,6-8H2,1H3,(H,14,15);1H. The molecule has 0 fully saturated rings. The van der Waals surface area contributed by atoms with Gasteiger partial charge in [-0.3, -0.25) is 4.79 Å². The third-order valence-electron chi connectivity index (χ3n) is 1.99. The van der Waals surface area contributed by atoms with Crippen molar-refractivity contribution in [1.82, 2.24) is 10.6 Å². The molecule has 1 aromatic carbocycles. The number of carbonyl (C=O) groups is 1. The van der Waals surface area contributed by atoms with Gasteiger partial charge in [0.15, 0.2) is 0 Å². The number of hydrogen-bond donors (Lipinski definition) is 2. The van der Waals surface area contributed by atoms with Crippen molar-refractivity contribution in [2.24, 2.45) is 0 Å². The monoisotopic (exact) mass is 262 g/mol. The highest BCUT2D eigenvalue weighted by atomic mass is 35.5. The van der Waals surface area contributed by atoms with Crippen molar-refractivity contribution in [3.8, 4) is 0 Å². The molecular weight excluding hydrogens is 247 g/mol. The number of hydrogen-bond acceptors (Lipinski definition) is 2. The lowest BCUT2D eigenvalue weighted by Crippen LogP contribution is -2.33. The molecule has 2 N–H and O–H groups in total. The Kier molecular flexibility index (Phi) is 7.99. The maximum absolute atomic E-state index is 11.1. The quantitative estimate of drug-likeness (QED) is 0.848. The first-order valence-electron chi connectivity index (χ1n) is 4.88. The normalized spacial score (nSPS) is 9.38. The Labute approximate surface area is 107 Å². The third kappa shape index (κ3) is 5.95. The van der Waals surface area contributed by atoms with E-state index in [9.17, 15) is 4.79 Å². The van der Waals surface area contributed by atoms with Crippen LogP contribution in [-0.4, -0.2) is 26.0 Å². The van der Waals surface area contributed by atoms with Gasteiger partial charge in [0, 0.05) is 11.6 Å². The number of halogens is 2. The summed E-state index contributed by atoms with van der Waals surface area (Å²) in [5.41, 5.74) is 1.17. The Morgan fingerprint density at radius 3 is 2.50 bits per heavy atom. The summed E-state index contributed by atoms with van der Waals surface area (Å²) in [4.78, 5) is 11.1. The molecule has 0 bridgehead atoms. The molecule has 0 aliphatic rings. The van der Waals surface area contributed by atoms with Gasteiger partial charge in [-0.05, 0) is 31.2 Å². The first-order chi connectivity index (χ1) is 7.22. The largest absolute Gasteiger partial charge is 0.355 e. The minimum Gasteiger partial charge on any atom is -0.355 e. The average Bonchev–Trinajstić information content (AvgIpc) is 2.21. The van der Waals surface area contributed by atoms with E-state index in [1.54, 1.807) is 7.05 Å². The number of rotatable bonds is 5. The summed E-state index contributed by atoms with van der Waals surface area (Å²) in [5, 5.41) is 6.34. The lowest BCUT2D eigenvalue weighted by molar-refractivity contribution is -0.120. The highest BCUT2D eigenvalue weighted by molar-refractivity contribution is 6.30. The molecule has 1 aromatic rings. The lowest BCUT2D eigenvalue weighted by atomic mass is 10.1. The zero-order chi connectivity index (χ0) is 11.1. The second-order valence-electron chi connectivity index (χ2n) is 3.26. The molecule has 3 nitrogen and oxygen atoms in total. The number of benzene rings is 1. The van der Waals surface area contributed by atoms with E-state index in [2.05, 4.69) is 10.6 Å². The zero-order valence-corrected chi connectivity index (χ0v) is 10.7. The fraction of sp³-hybridized carbons (Fsp3) is 0.364. The molecule has 0 heterocycles. The van der Waals surface area contributed by atoms with Gasteiger partial charge in [0.05, 0.1) is 6.54 Å². The highest BCUT2D eigenvalue weighted by Crippen LogP contribution is 2.09. The van der Waals surface area contributed by atoms with Crippen molar-refractivity contribution in [2.45, 2.75) is 6.42 Å². The van der Waals surface area contributed by atoms with Crippen molar-refractivity contribution in [3.05, 3.63) is 34.9 Å². The molecule has 0 aliphatic heterocycles. The van der Waals surface area contributed by atoms with E-state index in [4.69, 9.17) is 11.6 Å². The zero-order valence-electron chi connectivity index (χ0n) is 9.13. The van der Waals surface area contributed by atoms with Crippen LogP contribution in [0.4, 0.5) is 0 Å². The highest BCUT2D eigenvalue weighted by Gasteiger charge is 1.98. The predicted octanol–water partition coefficient (Wildman–Crippen LogP) is 1.64. The number of carbonyl (C=O) groups excluding carboxylic acids is 1. The van der Waals surface area contributed by atoms with Crippen LogP contribution in [0.3, 0.4) is 0 Å². The summed E-state index contributed by atoms with van der Waals surface area (Å²) in [7, 11) is 1.75. The summed E-state index contributed by atoms with van der Waals surface area (Å²) in [6.45, 7) is 1.02. The molecule has 5 heteroatoms. The van der Waals surface area contributed by atoms with Crippen molar-refractivity contribution >= 4 is 29.9 Å². The van der Waals surface area contributed by atoms with Crippen molar-refractivity contribution in [3.63, 3.8) is 0 Å². The van der Waals surface area contributed by atoms with Crippen LogP contribution in [0, 0.1) is 0 Å². The van der Waals surface area contributed by atoms with E-state index in [-0.39, 0.29) is 18.3 Å². The minimum absolute atomic E-state index is 0. The van der Waals surface area contributed by atoms with Gasteiger partial charge in [0.1, 0.15) is 0 Å². The van der Waals surface area contributed by atoms with Crippen LogP contribution in [0.2, 0.25) is 5.02 Å². The molecule has 16 heavy (non-hydrogen) atoms. The molecule has 0 aliphatic carbocycles. The van der Waals surface area contributed by atoms with Gasteiger partial charge in [0.25, 0.3) is 0 Å². The second kappa shape index (κ2) is 8.39. The molecule has 1 amide bonds. The fourth-order valence-corrected chi connectivity index (χ4v) is 1.35. The maximum atomic E-state index is 11.1. The average molecular weight is 263 g/mol. The van der Waals surface area contributed by atoms with Crippen molar-refractivity contribution in [2.75, 3.05) is 20.1 Å². The molecular formula is C11H16Cl2N2O. The first-order valence-corrected chi connectivity index (χ1v) is 5.26. The molecule has 0 radical (unpaired) electrons. The topological polar surface area (TPSA) is 41.1 Å². The number of nitrogens with one attached hydrogen (secondary N) is 2. The van der Waals surface area contributed by atoms with Crippen LogP contribution < -0.4 is 10.6 Å². The number of amides is 1. The van der Waals surface area contributed by atoms with E-state index in [1.165, 1.54) is 5.56 Å². The van der Waals surface area contributed by atoms with Crippen LogP contribution in [0.25, 0.3) is 0 Å². The van der Waals surface area contributed by atoms with Crippen LogP contribution >= 0.6 is 24.0 Å². The van der Waals surface area contributed by atoms with E-state index < -0.39 is 0 Å². The summed E-state index contributed by atoms with van der Waals surface area (Å²) < 4.78 is 0. The van der Waals surface area contributed by atoms with Crippen LogP contribution in [0.1, 0.15) is 5.56 Å². The van der Waals surface area contributed by atoms with Crippen LogP contribution in [0.15, 0.2) is 24.3 Å². The van der Waals surface area contributed by atoms with Crippen LogP contribution in [0.5, 0.6) is 0 Å². The van der Waals surface area contributed by atoms with Gasteiger partial charge in [-0.15, -0.1) is 12.4 Å². The Balaban J connectivity index is 0.00000225. The maximum Gasteiger partial charge on any atom is 0.233 e. The van der Waals surface area contributed by atoms with Crippen LogP contribution in [-0.2, 0) is 11.2 Å². The minimum atomic E-state index is 0. The third-order valence-corrected chi connectivity index (χ3v) is 2.24. The molecule has 90 valence electrons. The van der Waals surface area contributed by atoms with E-state index in [0.29, 0.717) is 13.1 Å². The summed E-state index contributed by atoms with van der Waals surface area (Å²) >= 11 is 5.76. The van der Waals surface area contributed by atoms with Gasteiger partial charge in [-0.25, -0.2) is 0 Å². The van der Waals surface area contributed by atoms with Gasteiger partial charge in [-0.2, -0.15) is 0 Å². The molecule has 0 unspecified atom stereocenters. The Hall–Kier alpha value is -0.770. The summed E-state index contributed by atoms with van der Waals surface area (Å²) in [6.07, 6.45) is 0.826. The van der Waals surface area contributed by atoms with Gasteiger partial charge < -0.3 is 10.6 Å². The Bertz CT molecular complexity index is 314. The van der Waals surface area contributed by atoms with E-state index >= 15 is 0 Å². The Morgan fingerprint density at radius 2 is 1.94 bits per heavy atom. The van der Waals surface area contributed by atoms with Crippen molar-refractivity contribution < 1.29 is 4.79 Å². The Morgan fingerprint density at radius 1 is 1.31 bits per heavy atom. The summed E-state index contributed by atoms with van der Waals surface area (Å²) in [5.74, 6) is 0.0199.